The van der Waals surface area contributed by atoms with Crippen molar-refractivity contribution in [3.8, 4) is 11.3 Å². The summed E-state index contributed by atoms with van der Waals surface area (Å²) >= 11 is 0. The zero-order valence-corrected chi connectivity index (χ0v) is 11.9. The molecular weight excluding hydrogens is 218 g/mol. The van der Waals surface area contributed by atoms with Crippen molar-refractivity contribution in [1.29, 1.82) is 0 Å². The zero-order chi connectivity index (χ0) is 13.3. The Kier molecular flexibility index (Phi) is 3.25. The van der Waals surface area contributed by atoms with Crippen LogP contribution in [0.2, 0.25) is 0 Å². The van der Waals surface area contributed by atoms with Gasteiger partial charge in [0.25, 0.3) is 0 Å². The van der Waals surface area contributed by atoms with E-state index in [0.29, 0.717) is 0 Å². The fourth-order valence-corrected chi connectivity index (χ4v) is 2.18. The Morgan fingerprint density at radius 2 is 1.50 bits per heavy atom. The van der Waals surface area contributed by atoms with Crippen LogP contribution in [0.25, 0.3) is 11.3 Å². The lowest BCUT2D eigenvalue weighted by molar-refractivity contribution is 0.589. The van der Waals surface area contributed by atoms with Crippen molar-refractivity contribution < 1.29 is 0 Å². The fourth-order valence-electron chi connectivity index (χ4n) is 2.18. The summed E-state index contributed by atoms with van der Waals surface area (Å²) in [5.41, 5.74) is 6.33. The first kappa shape index (κ1) is 12.8. The summed E-state index contributed by atoms with van der Waals surface area (Å²) in [7, 11) is 0. The summed E-state index contributed by atoms with van der Waals surface area (Å²) in [6.45, 7) is 10.9. The topological polar surface area (TPSA) is 12.9 Å². The normalized spacial score (nSPS) is 11.6. The van der Waals surface area contributed by atoms with E-state index >= 15 is 0 Å². The summed E-state index contributed by atoms with van der Waals surface area (Å²) < 4.78 is 0. The van der Waals surface area contributed by atoms with Crippen LogP contribution in [0.3, 0.4) is 0 Å². The summed E-state index contributed by atoms with van der Waals surface area (Å²) in [5, 5.41) is 0. The third-order valence-corrected chi connectivity index (χ3v) is 3.14. The summed E-state index contributed by atoms with van der Waals surface area (Å²) in [5.74, 6) is 0. The number of benzene rings is 1. The van der Waals surface area contributed by atoms with E-state index in [-0.39, 0.29) is 5.41 Å². The van der Waals surface area contributed by atoms with Gasteiger partial charge in [-0.15, -0.1) is 0 Å². The Labute approximate surface area is 110 Å². The Hall–Kier alpha value is -1.63. The van der Waals surface area contributed by atoms with E-state index in [9.17, 15) is 0 Å². The van der Waals surface area contributed by atoms with Crippen molar-refractivity contribution in [1.82, 2.24) is 4.98 Å². The van der Waals surface area contributed by atoms with Crippen LogP contribution in [-0.2, 0) is 5.41 Å². The highest BCUT2D eigenvalue weighted by atomic mass is 14.7. The third kappa shape index (κ3) is 2.79. The second kappa shape index (κ2) is 4.56. The largest absolute Gasteiger partial charge is 0.256 e. The van der Waals surface area contributed by atoms with Crippen LogP contribution in [0.4, 0.5) is 0 Å². The van der Waals surface area contributed by atoms with Crippen LogP contribution >= 0.6 is 0 Å². The van der Waals surface area contributed by atoms with Gasteiger partial charge in [0, 0.05) is 11.8 Å². The van der Waals surface area contributed by atoms with Gasteiger partial charge >= 0.3 is 0 Å². The molecule has 1 heteroatoms. The summed E-state index contributed by atoms with van der Waals surface area (Å²) in [4.78, 5) is 4.51. The van der Waals surface area contributed by atoms with Crippen molar-refractivity contribution in [2.45, 2.75) is 40.0 Å². The maximum absolute atomic E-state index is 4.51. The van der Waals surface area contributed by atoms with Gasteiger partial charge in [-0.1, -0.05) is 38.0 Å². The van der Waals surface area contributed by atoms with Gasteiger partial charge < -0.3 is 0 Å². The van der Waals surface area contributed by atoms with E-state index in [4.69, 9.17) is 0 Å². The molecule has 1 aromatic carbocycles. The highest BCUT2D eigenvalue weighted by molar-refractivity contribution is 5.62. The number of rotatable bonds is 1. The number of pyridine rings is 1. The molecule has 0 unspecified atom stereocenters. The molecule has 0 saturated carbocycles. The smallest absolute Gasteiger partial charge is 0.0705 e. The van der Waals surface area contributed by atoms with Gasteiger partial charge in [0.1, 0.15) is 0 Å². The second-order valence-electron chi connectivity index (χ2n) is 6.06. The van der Waals surface area contributed by atoms with E-state index < -0.39 is 0 Å². The van der Waals surface area contributed by atoms with Crippen LogP contribution < -0.4 is 0 Å². The van der Waals surface area contributed by atoms with Crippen LogP contribution in [0.5, 0.6) is 0 Å². The third-order valence-electron chi connectivity index (χ3n) is 3.14. The van der Waals surface area contributed by atoms with E-state index in [2.05, 4.69) is 69.9 Å². The van der Waals surface area contributed by atoms with Gasteiger partial charge in [-0.05, 0) is 49.1 Å². The van der Waals surface area contributed by atoms with Crippen molar-refractivity contribution in [3.05, 3.63) is 53.2 Å². The molecule has 1 aromatic heterocycles. The minimum Gasteiger partial charge on any atom is -0.256 e. The molecule has 2 rings (SSSR count). The molecule has 0 aliphatic carbocycles. The number of hydrogen-bond donors (Lipinski definition) is 0. The van der Waals surface area contributed by atoms with Crippen LogP contribution in [0, 0.1) is 13.8 Å². The number of aryl methyl sites for hydroxylation is 2. The maximum Gasteiger partial charge on any atom is 0.0705 e. The maximum atomic E-state index is 4.51. The lowest BCUT2D eigenvalue weighted by Gasteiger charge is -2.19. The van der Waals surface area contributed by atoms with Crippen molar-refractivity contribution >= 4 is 0 Å². The molecule has 18 heavy (non-hydrogen) atoms. The molecular formula is C17H21N. The molecule has 0 amide bonds. The molecule has 94 valence electrons. The number of aromatic nitrogens is 1. The SMILES string of the molecule is Cc1cc(C)cc(-c2cc(C(C)(C)C)ccn2)c1. The van der Waals surface area contributed by atoms with Crippen LogP contribution in [0.1, 0.15) is 37.5 Å². The first-order valence-electron chi connectivity index (χ1n) is 6.41. The van der Waals surface area contributed by atoms with Crippen molar-refractivity contribution in [3.63, 3.8) is 0 Å². The standard InChI is InChI=1S/C17H21N/c1-12-8-13(2)10-14(9-12)16-11-15(6-7-18-16)17(3,4)5/h6-11H,1-5H3. The molecule has 0 N–H and O–H groups in total. The molecule has 0 atom stereocenters. The monoisotopic (exact) mass is 239 g/mol. The average molecular weight is 239 g/mol. The molecule has 2 aromatic rings. The van der Waals surface area contributed by atoms with Gasteiger partial charge in [0.2, 0.25) is 0 Å². The van der Waals surface area contributed by atoms with E-state index in [1.165, 1.54) is 22.3 Å². The van der Waals surface area contributed by atoms with E-state index in [1.54, 1.807) is 0 Å². The Balaban J connectivity index is 2.51. The van der Waals surface area contributed by atoms with Crippen LogP contribution in [-0.4, -0.2) is 4.98 Å². The minimum atomic E-state index is 0.163. The lowest BCUT2D eigenvalue weighted by atomic mass is 9.87. The fraction of sp³-hybridized carbons (Fsp3) is 0.353. The van der Waals surface area contributed by atoms with Gasteiger partial charge in [-0.3, -0.25) is 4.98 Å². The number of nitrogens with zero attached hydrogens (tertiary/aromatic N) is 1. The lowest BCUT2D eigenvalue weighted by Crippen LogP contribution is -2.11. The molecule has 0 saturated heterocycles. The highest BCUT2D eigenvalue weighted by Gasteiger charge is 2.14. The quantitative estimate of drug-likeness (QED) is 0.705. The van der Waals surface area contributed by atoms with Gasteiger partial charge in [-0.25, -0.2) is 0 Å². The molecule has 0 aliphatic rings. The van der Waals surface area contributed by atoms with Crippen LogP contribution in [0.15, 0.2) is 36.5 Å². The Morgan fingerprint density at radius 1 is 0.889 bits per heavy atom. The predicted octanol–water partition coefficient (Wildman–Crippen LogP) is 4.66. The zero-order valence-electron chi connectivity index (χ0n) is 11.9. The Morgan fingerprint density at radius 3 is 2.06 bits per heavy atom. The molecule has 0 fully saturated rings. The molecule has 0 aliphatic heterocycles. The molecule has 0 bridgehead atoms. The van der Waals surface area contributed by atoms with Gasteiger partial charge in [0.15, 0.2) is 0 Å². The van der Waals surface area contributed by atoms with Gasteiger partial charge in [-0.2, -0.15) is 0 Å². The second-order valence-corrected chi connectivity index (χ2v) is 6.06. The molecule has 0 spiro atoms. The first-order chi connectivity index (χ1) is 8.36. The highest BCUT2D eigenvalue weighted by Crippen LogP contribution is 2.26. The summed E-state index contributed by atoms with van der Waals surface area (Å²) in [6, 6.07) is 10.9. The van der Waals surface area contributed by atoms with E-state index in [0.717, 1.165) is 5.69 Å². The average Bonchev–Trinajstić information content (AvgIpc) is 2.27. The van der Waals surface area contributed by atoms with Gasteiger partial charge in [0.05, 0.1) is 5.69 Å². The first-order valence-corrected chi connectivity index (χ1v) is 6.41. The predicted molar refractivity (Wildman–Crippen MR) is 77.8 cm³/mol. The van der Waals surface area contributed by atoms with Crippen molar-refractivity contribution in [2.75, 3.05) is 0 Å². The van der Waals surface area contributed by atoms with Crippen molar-refractivity contribution in [2.24, 2.45) is 0 Å². The summed E-state index contributed by atoms with van der Waals surface area (Å²) in [6.07, 6.45) is 1.91. The Bertz CT molecular complexity index is 542. The minimum absolute atomic E-state index is 0.163. The molecule has 1 nitrogen and oxygen atoms in total. The molecule has 1 heterocycles. The van der Waals surface area contributed by atoms with E-state index in [1.807, 2.05) is 6.20 Å². The number of hydrogen-bond acceptors (Lipinski definition) is 1. The molecule has 0 radical (unpaired) electrons.